The second kappa shape index (κ2) is 7.96. The van der Waals surface area contributed by atoms with Crippen molar-refractivity contribution in [3.63, 3.8) is 0 Å². The summed E-state index contributed by atoms with van der Waals surface area (Å²) in [5.41, 5.74) is 1.45. The van der Waals surface area contributed by atoms with E-state index in [4.69, 9.17) is 9.47 Å². The lowest BCUT2D eigenvalue weighted by molar-refractivity contribution is -0.152. The van der Waals surface area contributed by atoms with Crippen LogP contribution in [0.25, 0.3) is 11.1 Å². The third kappa shape index (κ3) is 4.67. The van der Waals surface area contributed by atoms with E-state index in [1.165, 1.54) is 13.8 Å². The van der Waals surface area contributed by atoms with Gasteiger partial charge in [-0.15, -0.1) is 0 Å². The molecule has 0 spiro atoms. The molecular weight excluding hydrogens is 340 g/mol. The third-order valence-electron chi connectivity index (χ3n) is 4.16. The second-order valence-corrected chi connectivity index (χ2v) is 6.72. The maximum absolute atomic E-state index is 11.4. The predicted octanol–water partition coefficient (Wildman–Crippen LogP) is 5.17. The molecule has 3 aromatic carbocycles. The van der Waals surface area contributed by atoms with Gasteiger partial charge in [0.15, 0.2) is 5.60 Å². The fourth-order valence-electron chi connectivity index (χ4n) is 2.59. The van der Waals surface area contributed by atoms with E-state index in [9.17, 15) is 9.90 Å². The van der Waals surface area contributed by atoms with Gasteiger partial charge in [0, 0.05) is 5.56 Å². The van der Waals surface area contributed by atoms with E-state index in [0.717, 1.165) is 16.7 Å². The summed E-state index contributed by atoms with van der Waals surface area (Å²) >= 11 is 0. The minimum Gasteiger partial charge on any atom is -0.489 e. The van der Waals surface area contributed by atoms with Crippen molar-refractivity contribution in [2.24, 2.45) is 0 Å². The number of carbonyl (C=O) groups is 1. The van der Waals surface area contributed by atoms with Crippen molar-refractivity contribution in [1.82, 2.24) is 0 Å². The van der Waals surface area contributed by atoms with Crippen LogP contribution in [-0.2, 0) is 11.4 Å². The van der Waals surface area contributed by atoms with Crippen LogP contribution in [0.5, 0.6) is 11.5 Å². The Kier molecular flexibility index (Phi) is 5.46. The molecule has 0 bridgehead atoms. The molecule has 0 radical (unpaired) electrons. The van der Waals surface area contributed by atoms with Gasteiger partial charge in [-0.2, -0.15) is 0 Å². The molecule has 27 heavy (non-hydrogen) atoms. The predicted molar refractivity (Wildman–Crippen MR) is 105 cm³/mol. The van der Waals surface area contributed by atoms with Gasteiger partial charge in [-0.25, -0.2) is 4.79 Å². The summed E-state index contributed by atoms with van der Waals surface area (Å²) in [5.74, 6) is 0.171. The third-order valence-corrected chi connectivity index (χ3v) is 4.16. The van der Waals surface area contributed by atoms with E-state index in [-0.39, 0.29) is 0 Å². The van der Waals surface area contributed by atoms with E-state index in [1.807, 2.05) is 66.7 Å². The van der Waals surface area contributed by atoms with Crippen LogP contribution in [0, 0.1) is 0 Å². The number of rotatable bonds is 7. The molecule has 4 nitrogen and oxygen atoms in total. The number of carboxylic acids is 1. The molecule has 0 aliphatic heterocycles. The van der Waals surface area contributed by atoms with Gasteiger partial charge in [0.2, 0.25) is 0 Å². The highest BCUT2D eigenvalue weighted by molar-refractivity contribution is 5.78. The monoisotopic (exact) mass is 362 g/mol. The van der Waals surface area contributed by atoms with Crippen molar-refractivity contribution in [1.29, 1.82) is 0 Å². The van der Waals surface area contributed by atoms with Gasteiger partial charge in [0.05, 0.1) is 0 Å². The molecule has 0 saturated heterocycles. The van der Waals surface area contributed by atoms with Crippen molar-refractivity contribution < 1.29 is 19.4 Å². The standard InChI is InChI=1S/C23H22O4/c1-23(2,22(24)25)27-21-14-13-19(26-16-17-9-5-3-6-10-17)15-20(21)18-11-7-4-8-12-18/h3-15H,16H2,1-2H3,(H,24,25). The van der Waals surface area contributed by atoms with Crippen molar-refractivity contribution in [3.8, 4) is 22.6 Å². The van der Waals surface area contributed by atoms with Crippen molar-refractivity contribution in [2.75, 3.05) is 0 Å². The molecule has 3 aromatic rings. The largest absolute Gasteiger partial charge is 0.489 e. The van der Waals surface area contributed by atoms with E-state index in [0.29, 0.717) is 18.1 Å². The Morgan fingerprint density at radius 2 is 1.56 bits per heavy atom. The van der Waals surface area contributed by atoms with Crippen molar-refractivity contribution in [3.05, 3.63) is 84.4 Å². The van der Waals surface area contributed by atoms with Crippen molar-refractivity contribution >= 4 is 5.97 Å². The summed E-state index contributed by atoms with van der Waals surface area (Å²) < 4.78 is 11.7. The van der Waals surface area contributed by atoms with Crippen LogP contribution in [0.2, 0.25) is 0 Å². The molecule has 0 amide bonds. The Bertz CT molecular complexity index is 902. The fraction of sp³-hybridized carbons (Fsp3) is 0.174. The Balaban J connectivity index is 1.91. The highest BCUT2D eigenvalue weighted by atomic mass is 16.5. The van der Waals surface area contributed by atoms with E-state index < -0.39 is 11.6 Å². The number of benzene rings is 3. The molecule has 0 saturated carbocycles. The van der Waals surface area contributed by atoms with Gasteiger partial charge in [0.25, 0.3) is 0 Å². The number of aliphatic carboxylic acids is 1. The molecule has 0 atom stereocenters. The Morgan fingerprint density at radius 1 is 0.926 bits per heavy atom. The van der Waals surface area contributed by atoms with Gasteiger partial charge < -0.3 is 14.6 Å². The van der Waals surface area contributed by atoms with Crippen LogP contribution < -0.4 is 9.47 Å². The zero-order chi connectivity index (χ0) is 19.3. The summed E-state index contributed by atoms with van der Waals surface area (Å²) in [6, 6.07) is 25.1. The number of ether oxygens (including phenoxy) is 2. The van der Waals surface area contributed by atoms with Gasteiger partial charge in [-0.1, -0.05) is 60.7 Å². The first-order valence-electron chi connectivity index (χ1n) is 8.74. The second-order valence-electron chi connectivity index (χ2n) is 6.72. The topological polar surface area (TPSA) is 55.8 Å². The number of hydrogen-bond donors (Lipinski definition) is 1. The van der Waals surface area contributed by atoms with Gasteiger partial charge in [-0.05, 0) is 43.2 Å². The summed E-state index contributed by atoms with van der Waals surface area (Å²) in [6.07, 6.45) is 0. The summed E-state index contributed by atoms with van der Waals surface area (Å²) in [4.78, 5) is 11.4. The first-order valence-corrected chi connectivity index (χ1v) is 8.74. The molecule has 1 N–H and O–H groups in total. The number of hydrogen-bond acceptors (Lipinski definition) is 3. The van der Waals surface area contributed by atoms with E-state index in [2.05, 4.69) is 0 Å². The molecule has 0 fully saturated rings. The lowest BCUT2D eigenvalue weighted by Crippen LogP contribution is -2.38. The van der Waals surface area contributed by atoms with Crippen LogP contribution in [0.3, 0.4) is 0 Å². The molecular formula is C23H22O4. The normalized spacial score (nSPS) is 11.0. The summed E-state index contributed by atoms with van der Waals surface area (Å²) in [5, 5.41) is 9.38. The molecule has 3 rings (SSSR count). The molecule has 138 valence electrons. The minimum atomic E-state index is -1.34. The Labute approximate surface area is 159 Å². The van der Waals surface area contributed by atoms with Crippen LogP contribution in [0.15, 0.2) is 78.9 Å². The quantitative estimate of drug-likeness (QED) is 0.630. The molecule has 0 aromatic heterocycles. The fourth-order valence-corrected chi connectivity index (χ4v) is 2.59. The highest BCUT2D eigenvalue weighted by Gasteiger charge is 2.30. The van der Waals surface area contributed by atoms with Crippen LogP contribution in [0.4, 0.5) is 0 Å². The lowest BCUT2D eigenvalue weighted by Gasteiger charge is -2.24. The first-order chi connectivity index (χ1) is 13.0. The highest BCUT2D eigenvalue weighted by Crippen LogP contribution is 2.35. The molecule has 4 heteroatoms. The smallest absolute Gasteiger partial charge is 0.347 e. The Morgan fingerprint density at radius 3 is 2.19 bits per heavy atom. The Hall–Kier alpha value is -3.27. The maximum atomic E-state index is 11.4. The van der Waals surface area contributed by atoms with Crippen LogP contribution >= 0.6 is 0 Å². The van der Waals surface area contributed by atoms with E-state index >= 15 is 0 Å². The van der Waals surface area contributed by atoms with Crippen molar-refractivity contribution in [2.45, 2.75) is 26.1 Å². The average molecular weight is 362 g/mol. The molecule has 0 unspecified atom stereocenters. The summed E-state index contributed by atoms with van der Waals surface area (Å²) in [7, 11) is 0. The molecule has 0 aliphatic carbocycles. The molecule has 0 heterocycles. The molecule has 0 aliphatic rings. The zero-order valence-electron chi connectivity index (χ0n) is 15.4. The average Bonchev–Trinajstić information content (AvgIpc) is 2.68. The van der Waals surface area contributed by atoms with E-state index in [1.54, 1.807) is 12.1 Å². The SMILES string of the molecule is CC(C)(Oc1ccc(OCc2ccccc2)cc1-c1ccccc1)C(=O)O. The summed E-state index contributed by atoms with van der Waals surface area (Å²) in [6.45, 7) is 3.52. The van der Waals surface area contributed by atoms with Gasteiger partial charge in [0.1, 0.15) is 18.1 Å². The lowest BCUT2D eigenvalue weighted by atomic mass is 10.0. The maximum Gasteiger partial charge on any atom is 0.347 e. The van der Waals surface area contributed by atoms with Crippen LogP contribution in [0.1, 0.15) is 19.4 Å². The first kappa shape index (κ1) is 18.5. The van der Waals surface area contributed by atoms with Gasteiger partial charge >= 0.3 is 5.97 Å². The number of carboxylic acid groups (broad SMARTS) is 1. The minimum absolute atomic E-state index is 0.454. The van der Waals surface area contributed by atoms with Gasteiger partial charge in [-0.3, -0.25) is 0 Å². The van der Waals surface area contributed by atoms with Crippen LogP contribution in [-0.4, -0.2) is 16.7 Å². The zero-order valence-corrected chi connectivity index (χ0v) is 15.4.